The van der Waals surface area contributed by atoms with Crippen LogP contribution in [-0.2, 0) is 20.6 Å². The Morgan fingerprint density at radius 1 is 1.33 bits per heavy atom. The molecule has 4 rings (SSSR count). The average molecular weight is 475 g/mol. The van der Waals surface area contributed by atoms with Crippen molar-refractivity contribution in [2.75, 3.05) is 24.0 Å². The number of rotatable bonds is 12. The number of nitrogen functional groups attached to an aromatic ring is 1. The molecule has 0 saturated heterocycles. The Labute approximate surface area is 190 Å². The lowest BCUT2D eigenvalue weighted by molar-refractivity contribution is -0.138. The monoisotopic (exact) mass is 475 g/mol. The normalized spacial score (nSPS) is 16.3. The highest BCUT2D eigenvalue weighted by Gasteiger charge is 2.30. The maximum atomic E-state index is 13.3. The van der Waals surface area contributed by atoms with Crippen LogP contribution in [0.5, 0.6) is 5.75 Å². The van der Waals surface area contributed by atoms with Crippen molar-refractivity contribution in [1.82, 2.24) is 24.6 Å². The third-order valence-electron chi connectivity index (χ3n) is 4.89. The molecule has 2 aromatic heterocycles. The highest BCUT2D eigenvalue weighted by atomic mass is 31.2. The fourth-order valence-corrected chi connectivity index (χ4v) is 4.80. The first-order chi connectivity index (χ1) is 15.8. The van der Waals surface area contributed by atoms with Crippen LogP contribution in [0.25, 0.3) is 11.2 Å². The molecule has 2 heterocycles. The fraction of sp³-hybridized carbons (Fsp3) is 0.400. The van der Waals surface area contributed by atoms with Gasteiger partial charge in [0.2, 0.25) is 5.95 Å². The molecule has 0 radical (unpaired) electrons. The van der Waals surface area contributed by atoms with Crippen molar-refractivity contribution in [3.8, 4) is 5.75 Å². The zero-order valence-corrected chi connectivity index (χ0v) is 18.9. The van der Waals surface area contributed by atoms with Gasteiger partial charge in [-0.05, 0) is 31.9 Å². The maximum absolute atomic E-state index is 13.3. The predicted molar refractivity (Wildman–Crippen MR) is 122 cm³/mol. The Morgan fingerprint density at radius 3 is 2.79 bits per heavy atom. The van der Waals surface area contributed by atoms with Crippen LogP contribution in [0.1, 0.15) is 19.8 Å². The zero-order chi connectivity index (χ0) is 23.4. The van der Waals surface area contributed by atoms with Gasteiger partial charge in [0.1, 0.15) is 18.1 Å². The van der Waals surface area contributed by atoms with E-state index >= 15 is 0 Å². The van der Waals surface area contributed by atoms with Gasteiger partial charge in [-0.2, -0.15) is 9.97 Å². The number of ether oxygens (including phenoxy) is 1. The molecule has 1 fully saturated rings. The number of fused-ring (bicyclic) bond motifs is 1. The highest BCUT2D eigenvalue weighted by Crippen LogP contribution is 2.43. The molecule has 13 heteroatoms. The second-order valence-corrected chi connectivity index (χ2v) is 9.81. The summed E-state index contributed by atoms with van der Waals surface area (Å²) >= 11 is 0. The zero-order valence-electron chi connectivity index (χ0n) is 18.0. The second-order valence-electron chi connectivity index (χ2n) is 7.76. The number of aromatic nitrogens is 4. The summed E-state index contributed by atoms with van der Waals surface area (Å²) in [5.74, 6) is -0.0594. The van der Waals surface area contributed by atoms with Crippen molar-refractivity contribution >= 4 is 36.4 Å². The number of carboxylic acid groups (broad SMARTS) is 1. The molecular weight excluding hydrogens is 449 g/mol. The Hall–Kier alpha value is -3.21. The van der Waals surface area contributed by atoms with Gasteiger partial charge in [-0.1, -0.05) is 18.2 Å². The fourth-order valence-electron chi connectivity index (χ4n) is 3.09. The standard InChI is InChI=1S/C20H26N7O5P/c1-13(19(28)29)26-33(30,32-15-5-3-2-4-6-15)12-31-10-9-27-11-22-16-17(23-14-7-8-14)24-20(21)25-18(16)27/h2-6,11,13-14H,7-10,12H2,1H3,(H,26,30)(H,28,29)(H3,21,23,24,25)/t13-,33?/m0/s1. The molecule has 5 N–H and O–H groups in total. The van der Waals surface area contributed by atoms with Gasteiger partial charge in [0.15, 0.2) is 17.0 Å². The van der Waals surface area contributed by atoms with Crippen molar-refractivity contribution < 1.29 is 23.7 Å². The SMILES string of the molecule is C[C@H](NP(=O)(COCCn1cnc2c(NC3CC3)nc(N)nc21)Oc1ccccc1)C(=O)O. The number of para-hydroxylation sites is 1. The molecule has 12 nitrogen and oxygen atoms in total. The number of hydrogen-bond donors (Lipinski definition) is 4. The van der Waals surface area contributed by atoms with Crippen LogP contribution in [0.3, 0.4) is 0 Å². The van der Waals surface area contributed by atoms with E-state index in [4.69, 9.17) is 15.0 Å². The number of hydrogen-bond acceptors (Lipinski definition) is 9. The smallest absolute Gasteiger partial charge is 0.342 e. The second kappa shape index (κ2) is 9.74. The largest absolute Gasteiger partial charge is 0.480 e. The van der Waals surface area contributed by atoms with E-state index in [0.29, 0.717) is 35.3 Å². The minimum absolute atomic E-state index is 0.140. The van der Waals surface area contributed by atoms with Crippen LogP contribution < -0.4 is 20.7 Å². The van der Waals surface area contributed by atoms with Gasteiger partial charge in [-0.3, -0.25) is 9.36 Å². The summed E-state index contributed by atoms with van der Waals surface area (Å²) in [5, 5.41) is 15.0. The maximum Gasteiger partial charge on any atom is 0.342 e. The van der Waals surface area contributed by atoms with E-state index in [1.807, 2.05) is 0 Å². The van der Waals surface area contributed by atoms with E-state index in [-0.39, 0.29) is 18.9 Å². The van der Waals surface area contributed by atoms with E-state index in [2.05, 4.69) is 25.4 Å². The number of carboxylic acids is 1. The molecule has 1 saturated carbocycles. The summed E-state index contributed by atoms with van der Waals surface area (Å²) in [6.45, 7) is 1.90. The first kappa shape index (κ1) is 23.0. The lowest BCUT2D eigenvalue weighted by Crippen LogP contribution is -2.34. The van der Waals surface area contributed by atoms with Crippen molar-refractivity contribution in [2.24, 2.45) is 0 Å². The van der Waals surface area contributed by atoms with Crippen LogP contribution in [0.4, 0.5) is 11.8 Å². The average Bonchev–Trinajstić information content (AvgIpc) is 3.49. The van der Waals surface area contributed by atoms with Crippen LogP contribution in [0.15, 0.2) is 36.7 Å². The van der Waals surface area contributed by atoms with Gasteiger partial charge in [0.05, 0.1) is 12.9 Å². The molecule has 1 aromatic carbocycles. The van der Waals surface area contributed by atoms with E-state index < -0.39 is 19.5 Å². The topological polar surface area (TPSA) is 167 Å². The molecule has 33 heavy (non-hydrogen) atoms. The van der Waals surface area contributed by atoms with Crippen LogP contribution >= 0.6 is 7.52 Å². The Bertz CT molecular complexity index is 1170. The van der Waals surface area contributed by atoms with Gasteiger partial charge in [0, 0.05) is 12.6 Å². The van der Waals surface area contributed by atoms with E-state index in [1.54, 1.807) is 41.2 Å². The van der Waals surface area contributed by atoms with Gasteiger partial charge in [0.25, 0.3) is 0 Å². The number of nitrogens with zero attached hydrogens (tertiary/aromatic N) is 4. The van der Waals surface area contributed by atoms with E-state index in [0.717, 1.165) is 12.8 Å². The van der Waals surface area contributed by atoms with Crippen LogP contribution in [0.2, 0.25) is 0 Å². The molecule has 1 aliphatic carbocycles. The van der Waals surface area contributed by atoms with Gasteiger partial charge in [-0.25, -0.2) is 10.1 Å². The van der Waals surface area contributed by atoms with Gasteiger partial charge < -0.3 is 30.0 Å². The van der Waals surface area contributed by atoms with Crippen molar-refractivity contribution in [1.29, 1.82) is 0 Å². The molecule has 0 spiro atoms. The minimum Gasteiger partial charge on any atom is -0.480 e. The van der Waals surface area contributed by atoms with E-state index in [1.165, 1.54) is 6.92 Å². The minimum atomic E-state index is -3.66. The van der Waals surface area contributed by atoms with E-state index in [9.17, 15) is 14.5 Å². The number of aliphatic carboxylic acids is 1. The molecule has 2 atom stereocenters. The summed E-state index contributed by atoms with van der Waals surface area (Å²) in [6.07, 6.45) is 3.46. The lowest BCUT2D eigenvalue weighted by atomic mass is 10.3. The Kier molecular flexibility index (Phi) is 6.77. The summed E-state index contributed by atoms with van der Waals surface area (Å²) in [6, 6.07) is 7.81. The summed E-state index contributed by atoms with van der Waals surface area (Å²) in [4.78, 5) is 24.2. The molecule has 0 bridgehead atoms. The summed E-state index contributed by atoms with van der Waals surface area (Å²) in [7, 11) is -3.66. The number of nitrogens with one attached hydrogen (secondary N) is 2. The predicted octanol–water partition coefficient (Wildman–Crippen LogP) is 2.29. The molecule has 0 aliphatic heterocycles. The molecular formula is C20H26N7O5P. The van der Waals surface area contributed by atoms with Crippen molar-refractivity contribution in [3.63, 3.8) is 0 Å². The first-order valence-corrected chi connectivity index (χ1v) is 12.3. The molecule has 1 aliphatic rings. The van der Waals surface area contributed by atoms with Gasteiger partial charge in [-0.15, -0.1) is 0 Å². The Balaban J connectivity index is 1.41. The molecule has 176 valence electrons. The number of imidazole rings is 1. The Morgan fingerprint density at radius 2 is 2.09 bits per heavy atom. The number of nitrogens with two attached hydrogens (primary N) is 1. The molecule has 3 aromatic rings. The summed E-state index contributed by atoms with van der Waals surface area (Å²) in [5.41, 5.74) is 7.04. The third kappa shape index (κ3) is 5.98. The molecule has 0 amide bonds. The highest BCUT2D eigenvalue weighted by molar-refractivity contribution is 7.57. The molecule has 1 unspecified atom stereocenters. The third-order valence-corrected chi connectivity index (χ3v) is 6.70. The number of carbonyl (C=O) groups is 1. The quantitative estimate of drug-likeness (QED) is 0.224. The lowest BCUT2D eigenvalue weighted by Gasteiger charge is -2.22. The van der Waals surface area contributed by atoms with Gasteiger partial charge >= 0.3 is 13.5 Å². The summed E-state index contributed by atoms with van der Waals surface area (Å²) < 4.78 is 26.3. The van der Waals surface area contributed by atoms with Crippen molar-refractivity contribution in [2.45, 2.75) is 38.4 Å². The number of benzene rings is 1. The first-order valence-electron chi connectivity index (χ1n) is 10.5. The van der Waals surface area contributed by atoms with Crippen LogP contribution in [-0.4, -0.2) is 55.6 Å². The van der Waals surface area contributed by atoms with Crippen LogP contribution in [0, 0.1) is 0 Å². The number of anilines is 2. The van der Waals surface area contributed by atoms with Crippen molar-refractivity contribution in [3.05, 3.63) is 36.7 Å².